The molecule has 0 radical (unpaired) electrons. The van der Waals surface area contributed by atoms with Gasteiger partial charge in [0.2, 0.25) is 17.7 Å². The number of halogens is 1. The highest BCUT2D eigenvalue weighted by molar-refractivity contribution is 6.05. The van der Waals surface area contributed by atoms with Crippen molar-refractivity contribution in [3.63, 3.8) is 0 Å². The average Bonchev–Trinajstić information content (AvgIpc) is 3.80. The van der Waals surface area contributed by atoms with Gasteiger partial charge in [0.1, 0.15) is 18.0 Å². The second-order valence-corrected chi connectivity index (χ2v) is 10.6. The summed E-state index contributed by atoms with van der Waals surface area (Å²) in [6.45, 7) is 1.83. The highest BCUT2D eigenvalue weighted by Gasteiger charge is 2.48. The van der Waals surface area contributed by atoms with Crippen LogP contribution in [0.25, 0.3) is 11.5 Å². The predicted octanol–water partition coefficient (Wildman–Crippen LogP) is 2.98. The Kier molecular flexibility index (Phi) is 5.23. The van der Waals surface area contributed by atoms with E-state index in [1.807, 2.05) is 13.0 Å². The summed E-state index contributed by atoms with van der Waals surface area (Å²) < 4.78 is 26.9. The molecule has 2 N–H and O–H groups in total. The number of amides is 3. The van der Waals surface area contributed by atoms with Gasteiger partial charge in [0, 0.05) is 23.6 Å². The topological polar surface area (TPSA) is 140 Å². The van der Waals surface area contributed by atoms with E-state index in [9.17, 15) is 14.4 Å². The van der Waals surface area contributed by atoms with Crippen molar-refractivity contribution < 1.29 is 27.9 Å². The van der Waals surface area contributed by atoms with E-state index < -0.39 is 29.2 Å². The van der Waals surface area contributed by atoms with Crippen LogP contribution in [0.2, 0.25) is 0 Å². The van der Waals surface area contributed by atoms with Gasteiger partial charge in [0.15, 0.2) is 0 Å². The molecule has 200 valence electrons. The Morgan fingerprint density at radius 1 is 1.13 bits per heavy atom. The van der Waals surface area contributed by atoms with E-state index in [1.165, 1.54) is 11.0 Å². The smallest absolute Gasteiger partial charge is 0.316 e. The zero-order chi connectivity index (χ0) is 26.9. The third kappa shape index (κ3) is 4.19. The number of fused-ring (bicyclic) bond motifs is 1. The number of anilines is 1. The Labute approximate surface area is 222 Å². The molecule has 11 nitrogen and oxygen atoms in total. The Bertz CT molecular complexity index is 1550. The maximum absolute atomic E-state index is 15.3. The highest BCUT2D eigenvalue weighted by atomic mass is 19.1. The zero-order valence-electron chi connectivity index (χ0n) is 21.1. The minimum Gasteiger partial charge on any atom is -0.474 e. The Hall–Kier alpha value is -4.35. The molecule has 7 rings (SSSR count). The first-order valence-corrected chi connectivity index (χ1v) is 13.0. The first-order valence-electron chi connectivity index (χ1n) is 13.0. The number of aryl methyl sites for hydroxylation is 1. The quantitative estimate of drug-likeness (QED) is 0.440. The number of hydrogen-bond acceptors (Lipinski definition) is 9. The standard InChI is InChI=1S/C27H25FN6O5/c1-13-16(4-7-22(29-13)38-15-2-3-15)24-32-33-26(39-24)31-27(8-9-27)14-10-17-18(19(28)11-14)12-34(25(17)37)20-5-6-21(35)30-23(20)36/h4,7,10-11,15,20H,2-3,5-6,8-9,12H2,1H3,(H,31,33)(H,30,35,36). The SMILES string of the molecule is Cc1nc(OC2CC2)ccc1-c1nnc(NC2(c3cc(F)c4c(c3)C(=O)N(C3CCC(=O)NC3=O)C4)CC2)o1. The highest BCUT2D eigenvalue weighted by Crippen LogP contribution is 2.49. The Balaban J connectivity index is 1.10. The fourth-order valence-electron chi connectivity index (χ4n) is 5.28. The van der Waals surface area contributed by atoms with Crippen LogP contribution in [0.4, 0.5) is 10.4 Å². The number of imide groups is 1. The average molecular weight is 533 g/mol. The van der Waals surface area contributed by atoms with Gasteiger partial charge < -0.3 is 19.4 Å². The number of carbonyl (C=O) groups excluding carboxylic acids is 3. The largest absolute Gasteiger partial charge is 0.474 e. The lowest BCUT2D eigenvalue weighted by Crippen LogP contribution is -2.52. The number of rotatable bonds is 7. The number of carbonyl (C=O) groups is 3. The minimum atomic E-state index is -0.803. The summed E-state index contributed by atoms with van der Waals surface area (Å²) in [4.78, 5) is 42.9. The van der Waals surface area contributed by atoms with E-state index in [4.69, 9.17) is 9.15 Å². The van der Waals surface area contributed by atoms with Gasteiger partial charge in [-0.2, -0.15) is 0 Å². The molecule has 1 saturated heterocycles. The molecule has 3 fully saturated rings. The molecular formula is C27H25FN6O5. The molecule has 39 heavy (non-hydrogen) atoms. The maximum Gasteiger partial charge on any atom is 0.316 e. The summed E-state index contributed by atoms with van der Waals surface area (Å²) in [7, 11) is 0. The van der Waals surface area contributed by atoms with Crippen molar-refractivity contribution in [2.45, 2.75) is 69.7 Å². The van der Waals surface area contributed by atoms with E-state index in [1.54, 1.807) is 12.1 Å². The fourth-order valence-corrected chi connectivity index (χ4v) is 5.28. The number of piperidine rings is 1. The van der Waals surface area contributed by atoms with Crippen LogP contribution in [0.15, 0.2) is 28.7 Å². The van der Waals surface area contributed by atoms with Crippen molar-refractivity contribution in [1.82, 2.24) is 25.4 Å². The van der Waals surface area contributed by atoms with Crippen LogP contribution in [0.1, 0.15) is 65.7 Å². The maximum atomic E-state index is 15.3. The van der Waals surface area contributed by atoms with E-state index in [0.717, 1.165) is 12.8 Å². The molecule has 0 spiro atoms. The summed E-state index contributed by atoms with van der Waals surface area (Å²) in [6, 6.07) is 6.09. The van der Waals surface area contributed by atoms with Crippen molar-refractivity contribution >= 4 is 23.7 Å². The van der Waals surface area contributed by atoms with Crippen LogP contribution in [0.3, 0.4) is 0 Å². The van der Waals surface area contributed by atoms with Gasteiger partial charge in [0.05, 0.1) is 23.3 Å². The molecule has 12 heteroatoms. The van der Waals surface area contributed by atoms with E-state index in [-0.39, 0.29) is 48.5 Å². The van der Waals surface area contributed by atoms with E-state index >= 15 is 4.39 Å². The molecule has 3 amide bonds. The molecule has 1 aromatic carbocycles. The van der Waals surface area contributed by atoms with Crippen LogP contribution in [-0.2, 0) is 21.7 Å². The van der Waals surface area contributed by atoms with Gasteiger partial charge in [-0.1, -0.05) is 5.10 Å². The molecule has 2 aliphatic carbocycles. The van der Waals surface area contributed by atoms with E-state index in [2.05, 4.69) is 25.8 Å². The number of nitrogens with zero attached hydrogens (tertiary/aromatic N) is 4. The second-order valence-electron chi connectivity index (χ2n) is 10.6. The summed E-state index contributed by atoms with van der Waals surface area (Å²) in [5, 5.41) is 13.8. The predicted molar refractivity (Wildman–Crippen MR) is 133 cm³/mol. The van der Waals surface area contributed by atoms with Crippen LogP contribution in [0, 0.1) is 12.7 Å². The number of hydrogen-bond donors (Lipinski definition) is 2. The van der Waals surface area contributed by atoms with Gasteiger partial charge in [0.25, 0.3) is 11.8 Å². The molecule has 1 atom stereocenters. The Morgan fingerprint density at radius 2 is 1.95 bits per heavy atom. The summed E-state index contributed by atoms with van der Waals surface area (Å²) in [5.74, 6) is -0.973. The van der Waals surface area contributed by atoms with Gasteiger partial charge in [-0.05, 0) is 62.8 Å². The third-order valence-electron chi connectivity index (χ3n) is 7.78. The summed E-state index contributed by atoms with van der Waals surface area (Å²) >= 11 is 0. The summed E-state index contributed by atoms with van der Waals surface area (Å²) in [5.41, 5.74) is 1.80. The molecule has 3 aromatic rings. The molecule has 2 saturated carbocycles. The second kappa shape index (κ2) is 8.58. The number of nitrogens with one attached hydrogen (secondary N) is 2. The lowest BCUT2D eigenvalue weighted by atomic mass is 9.98. The van der Waals surface area contributed by atoms with Crippen molar-refractivity contribution in [3.05, 3.63) is 52.5 Å². The summed E-state index contributed by atoms with van der Waals surface area (Å²) in [6.07, 6.45) is 4.06. The van der Waals surface area contributed by atoms with Crippen molar-refractivity contribution in [3.8, 4) is 17.3 Å². The molecule has 4 aliphatic rings. The molecule has 2 aromatic heterocycles. The monoisotopic (exact) mass is 532 g/mol. The lowest BCUT2D eigenvalue weighted by Gasteiger charge is -2.29. The first kappa shape index (κ1) is 23.7. The van der Waals surface area contributed by atoms with E-state index in [0.29, 0.717) is 41.4 Å². The van der Waals surface area contributed by atoms with Gasteiger partial charge in [-0.3, -0.25) is 19.7 Å². The number of benzene rings is 1. The third-order valence-corrected chi connectivity index (χ3v) is 7.78. The van der Waals surface area contributed by atoms with Crippen molar-refractivity contribution in [1.29, 1.82) is 0 Å². The normalized spacial score (nSPS) is 21.5. The molecule has 4 heterocycles. The van der Waals surface area contributed by atoms with Gasteiger partial charge in [-0.15, -0.1) is 5.10 Å². The molecular weight excluding hydrogens is 507 g/mol. The minimum absolute atomic E-state index is 0.0160. The molecule has 1 unspecified atom stereocenters. The number of pyridine rings is 1. The first-order chi connectivity index (χ1) is 18.8. The van der Waals surface area contributed by atoms with Crippen molar-refractivity contribution in [2.24, 2.45) is 0 Å². The van der Waals surface area contributed by atoms with Crippen molar-refractivity contribution in [2.75, 3.05) is 5.32 Å². The van der Waals surface area contributed by atoms with Gasteiger partial charge >= 0.3 is 6.01 Å². The Morgan fingerprint density at radius 3 is 2.67 bits per heavy atom. The van der Waals surface area contributed by atoms with Crippen LogP contribution < -0.4 is 15.4 Å². The van der Waals surface area contributed by atoms with Gasteiger partial charge in [-0.25, -0.2) is 9.37 Å². The molecule has 2 aliphatic heterocycles. The zero-order valence-corrected chi connectivity index (χ0v) is 21.1. The lowest BCUT2D eigenvalue weighted by molar-refractivity contribution is -0.136. The molecule has 0 bridgehead atoms. The van der Waals surface area contributed by atoms with Crippen LogP contribution in [0.5, 0.6) is 5.88 Å². The fraction of sp³-hybridized carbons (Fsp3) is 0.407. The van der Waals surface area contributed by atoms with Crippen LogP contribution in [-0.4, -0.2) is 49.9 Å². The van der Waals surface area contributed by atoms with Crippen LogP contribution >= 0.6 is 0 Å². The number of ether oxygens (including phenoxy) is 1. The number of aromatic nitrogens is 3.